The lowest BCUT2D eigenvalue weighted by atomic mass is 10.3. The van der Waals surface area contributed by atoms with Crippen LogP contribution in [0.1, 0.15) is 35.0 Å². The maximum atomic E-state index is 5.54. The summed E-state index contributed by atoms with van der Waals surface area (Å²) in [4.78, 5) is 14.7. The van der Waals surface area contributed by atoms with Crippen molar-refractivity contribution in [3.05, 3.63) is 39.5 Å². The molecule has 7 heteroatoms. The van der Waals surface area contributed by atoms with E-state index in [-0.39, 0.29) is 0 Å². The van der Waals surface area contributed by atoms with Crippen molar-refractivity contribution in [2.24, 2.45) is 4.99 Å². The summed E-state index contributed by atoms with van der Waals surface area (Å²) in [5.41, 5.74) is 2.06. The highest BCUT2D eigenvalue weighted by Gasteiger charge is 2.06. The second-order valence-electron chi connectivity index (χ2n) is 5.20. The molecule has 0 bridgehead atoms. The summed E-state index contributed by atoms with van der Waals surface area (Å²) in [7, 11) is 0. The van der Waals surface area contributed by atoms with Crippen molar-refractivity contribution in [2.45, 2.75) is 40.8 Å². The van der Waals surface area contributed by atoms with E-state index in [1.807, 2.05) is 32.9 Å². The molecule has 0 aliphatic carbocycles. The Morgan fingerprint density at radius 3 is 2.79 bits per heavy atom. The molecule has 2 heterocycles. The van der Waals surface area contributed by atoms with Gasteiger partial charge in [0.15, 0.2) is 5.96 Å². The van der Waals surface area contributed by atoms with Gasteiger partial charge in [0.2, 0.25) is 5.88 Å². The van der Waals surface area contributed by atoms with Gasteiger partial charge in [-0.05, 0) is 33.8 Å². The Morgan fingerprint density at radius 2 is 2.12 bits per heavy atom. The van der Waals surface area contributed by atoms with Gasteiger partial charge in [-0.2, -0.15) is 0 Å². The number of aromatic nitrogens is 2. The summed E-state index contributed by atoms with van der Waals surface area (Å²) < 4.78 is 5.54. The van der Waals surface area contributed by atoms with Crippen molar-refractivity contribution >= 4 is 17.3 Å². The molecule has 0 amide bonds. The molecule has 2 aromatic heterocycles. The predicted molar refractivity (Wildman–Crippen MR) is 98.6 cm³/mol. The molecule has 0 atom stereocenters. The van der Waals surface area contributed by atoms with Crippen LogP contribution in [0.4, 0.5) is 0 Å². The lowest BCUT2D eigenvalue weighted by Crippen LogP contribution is -2.36. The van der Waals surface area contributed by atoms with E-state index < -0.39 is 0 Å². The van der Waals surface area contributed by atoms with E-state index >= 15 is 0 Å². The zero-order valence-electron chi connectivity index (χ0n) is 14.7. The summed E-state index contributed by atoms with van der Waals surface area (Å²) in [5.74, 6) is 1.40. The first-order chi connectivity index (χ1) is 11.6. The van der Waals surface area contributed by atoms with Crippen LogP contribution in [-0.2, 0) is 13.1 Å². The van der Waals surface area contributed by atoms with Crippen molar-refractivity contribution in [1.82, 2.24) is 20.6 Å². The lowest BCUT2D eigenvalue weighted by Gasteiger charge is -2.11. The normalized spacial score (nSPS) is 11.4. The van der Waals surface area contributed by atoms with Crippen molar-refractivity contribution in [2.75, 3.05) is 13.2 Å². The zero-order chi connectivity index (χ0) is 17.4. The molecule has 0 saturated carbocycles. The third kappa shape index (κ3) is 5.19. The minimum Gasteiger partial charge on any atom is -0.478 e. The van der Waals surface area contributed by atoms with E-state index in [0.717, 1.165) is 28.8 Å². The second-order valence-corrected chi connectivity index (χ2v) is 6.49. The second kappa shape index (κ2) is 9.22. The average Bonchev–Trinajstić information content (AvgIpc) is 2.90. The number of thiazole rings is 1. The van der Waals surface area contributed by atoms with Crippen molar-refractivity contribution in [3.8, 4) is 5.88 Å². The summed E-state index contributed by atoms with van der Waals surface area (Å²) in [6.45, 7) is 10.7. The number of nitrogens with one attached hydrogen (secondary N) is 2. The Bertz CT molecular complexity index is 664. The maximum absolute atomic E-state index is 5.54. The molecular formula is C17H25N5OS. The third-order valence-electron chi connectivity index (χ3n) is 3.36. The maximum Gasteiger partial charge on any atom is 0.218 e. The van der Waals surface area contributed by atoms with Crippen LogP contribution in [0, 0.1) is 13.8 Å². The number of nitrogens with zero attached hydrogens (tertiary/aromatic N) is 3. The van der Waals surface area contributed by atoms with Gasteiger partial charge in [0, 0.05) is 23.2 Å². The van der Waals surface area contributed by atoms with Crippen LogP contribution in [-0.4, -0.2) is 29.1 Å². The molecule has 0 unspecified atom stereocenters. The van der Waals surface area contributed by atoms with Crippen molar-refractivity contribution in [3.63, 3.8) is 0 Å². The highest BCUT2D eigenvalue weighted by molar-refractivity contribution is 7.11. The summed E-state index contributed by atoms with van der Waals surface area (Å²) in [5, 5.41) is 7.64. The molecule has 2 rings (SSSR count). The van der Waals surface area contributed by atoms with E-state index in [1.54, 1.807) is 17.5 Å². The van der Waals surface area contributed by atoms with E-state index in [4.69, 9.17) is 4.74 Å². The number of hydrogen-bond donors (Lipinski definition) is 2. The first-order valence-corrected chi connectivity index (χ1v) is 8.97. The topological polar surface area (TPSA) is 71.4 Å². The van der Waals surface area contributed by atoms with Gasteiger partial charge < -0.3 is 15.4 Å². The Kier molecular flexibility index (Phi) is 6.99. The smallest absolute Gasteiger partial charge is 0.218 e. The molecule has 2 N–H and O–H groups in total. The van der Waals surface area contributed by atoms with Crippen LogP contribution in [0.3, 0.4) is 0 Å². The van der Waals surface area contributed by atoms with Crippen molar-refractivity contribution in [1.29, 1.82) is 0 Å². The van der Waals surface area contributed by atoms with Crippen LogP contribution in [0.15, 0.2) is 23.3 Å². The molecule has 6 nitrogen and oxygen atoms in total. The first kappa shape index (κ1) is 18.2. The number of aliphatic imine (C=N–C) groups is 1. The van der Waals surface area contributed by atoms with Gasteiger partial charge in [0.05, 0.1) is 25.4 Å². The number of pyridine rings is 1. The molecule has 0 aliphatic heterocycles. The van der Waals surface area contributed by atoms with E-state index in [2.05, 4.69) is 32.5 Å². The molecular weight excluding hydrogens is 322 g/mol. The molecule has 0 radical (unpaired) electrons. The fourth-order valence-corrected chi connectivity index (χ4v) is 2.96. The van der Waals surface area contributed by atoms with Gasteiger partial charge in [-0.1, -0.05) is 6.07 Å². The van der Waals surface area contributed by atoms with E-state index in [9.17, 15) is 0 Å². The Morgan fingerprint density at radius 1 is 1.29 bits per heavy atom. The van der Waals surface area contributed by atoms with Crippen LogP contribution < -0.4 is 15.4 Å². The van der Waals surface area contributed by atoms with Gasteiger partial charge in [-0.15, -0.1) is 11.3 Å². The average molecular weight is 347 g/mol. The summed E-state index contributed by atoms with van der Waals surface area (Å²) >= 11 is 1.71. The minimum absolute atomic E-state index is 0.508. The minimum atomic E-state index is 0.508. The molecule has 0 spiro atoms. The SMILES string of the molecule is CCNC(=NCc1cccnc1OCC)NCc1nc(C)c(C)s1. The van der Waals surface area contributed by atoms with Crippen LogP contribution in [0.25, 0.3) is 0 Å². The first-order valence-electron chi connectivity index (χ1n) is 8.15. The van der Waals surface area contributed by atoms with Crippen molar-refractivity contribution < 1.29 is 4.74 Å². The summed E-state index contributed by atoms with van der Waals surface area (Å²) in [6.07, 6.45) is 1.73. The molecule has 0 aliphatic rings. The Labute approximate surface area is 147 Å². The fraction of sp³-hybridized carbons (Fsp3) is 0.471. The van der Waals surface area contributed by atoms with Crippen LogP contribution in [0.5, 0.6) is 5.88 Å². The molecule has 0 aromatic carbocycles. The molecule has 0 fully saturated rings. The van der Waals surface area contributed by atoms with Gasteiger partial charge in [0.25, 0.3) is 0 Å². The zero-order valence-corrected chi connectivity index (χ0v) is 15.5. The van der Waals surface area contributed by atoms with E-state index in [0.29, 0.717) is 25.6 Å². The molecule has 24 heavy (non-hydrogen) atoms. The fourth-order valence-electron chi connectivity index (χ4n) is 2.09. The van der Waals surface area contributed by atoms with E-state index in [1.165, 1.54) is 4.88 Å². The quantitative estimate of drug-likeness (QED) is 0.595. The van der Waals surface area contributed by atoms with Crippen LogP contribution >= 0.6 is 11.3 Å². The van der Waals surface area contributed by atoms with Gasteiger partial charge >= 0.3 is 0 Å². The van der Waals surface area contributed by atoms with Gasteiger partial charge in [-0.25, -0.2) is 15.0 Å². The standard InChI is InChI=1S/C17H25N5OS/c1-5-18-17(21-11-15-22-12(3)13(4)24-15)20-10-14-8-7-9-19-16(14)23-6-2/h7-9H,5-6,10-11H2,1-4H3,(H2,18,20,21). The number of rotatable bonds is 7. The van der Waals surface area contributed by atoms with Crippen LogP contribution in [0.2, 0.25) is 0 Å². The lowest BCUT2D eigenvalue weighted by molar-refractivity contribution is 0.323. The predicted octanol–water partition coefficient (Wildman–Crippen LogP) is 2.81. The number of ether oxygens (including phenoxy) is 1. The van der Waals surface area contributed by atoms with Gasteiger partial charge in [0.1, 0.15) is 5.01 Å². The number of aryl methyl sites for hydroxylation is 2. The highest BCUT2D eigenvalue weighted by Crippen LogP contribution is 2.16. The summed E-state index contributed by atoms with van der Waals surface area (Å²) in [6, 6.07) is 3.88. The highest BCUT2D eigenvalue weighted by atomic mass is 32.1. The Balaban J connectivity index is 2.02. The molecule has 2 aromatic rings. The largest absolute Gasteiger partial charge is 0.478 e. The molecule has 0 saturated heterocycles. The van der Waals surface area contributed by atoms with Gasteiger partial charge in [-0.3, -0.25) is 0 Å². The Hall–Kier alpha value is -2.15. The monoisotopic (exact) mass is 347 g/mol. The molecule has 130 valence electrons. The number of guanidine groups is 1. The third-order valence-corrected chi connectivity index (χ3v) is 4.44. The number of hydrogen-bond acceptors (Lipinski definition) is 5.